The van der Waals surface area contributed by atoms with Crippen molar-refractivity contribution in [1.82, 2.24) is 0 Å². The number of rotatable bonds is 6. The number of carbonyl (C=O) groups is 1. The molecule has 0 aromatic heterocycles. The molecule has 1 aromatic carbocycles. The molecule has 0 spiro atoms. The van der Waals surface area contributed by atoms with Crippen molar-refractivity contribution in [3.05, 3.63) is 24.3 Å². The summed E-state index contributed by atoms with van der Waals surface area (Å²) in [6.07, 6.45) is 1.90. The van der Waals surface area contributed by atoms with Crippen LogP contribution in [0.4, 0.5) is 5.69 Å². The van der Waals surface area contributed by atoms with Gasteiger partial charge < -0.3 is 10.1 Å². The summed E-state index contributed by atoms with van der Waals surface area (Å²) < 4.78 is 5.07. The molecule has 18 heavy (non-hydrogen) atoms. The number of methoxy groups -OCH3 is 1. The van der Waals surface area contributed by atoms with Crippen LogP contribution in [-0.2, 0) is 4.79 Å². The number of amides is 1. The Morgan fingerprint density at radius 3 is 2.94 bits per heavy atom. The normalized spacial score (nSPS) is 11.4. The summed E-state index contributed by atoms with van der Waals surface area (Å²) in [4.78, 5) is 11.8. The van der Waals surface area contributed by atoms with Crippen molar-refractivity contribution in [2.45, 2.75) is 26.2 Å². The van der Waals surface area contributed by atoms with Gasteiger partial charge in [-0.1, -0.05) is 19.4 Å². The van der Waals surface area contributed by atoms with E-state index in [1.165, 1.54) is 0 Å². The van der Waals surface area contributed by atoms with E-state index in [1.807, 2.05) is 19.1 Å². The molecular weight excluding hydrogens is 228 g/mol. The van der Waals surface area contributed by atoms with Crippen LogP contribution in [0.25, 0.3) is 0 Å². The Balaban J connectivity index is 2.56. The second-order valence-corrected chi connectivity index (χ2v) is 4.10. The molecule has 0 heterocycles. The van der Waals surface area contributed by atoms with Gasteiger partial charge in [-0.15, -0.1) is 0 Å². The van der Waals surface area contributed by atoms with Crippen LogP contribution in [-0.4, -0.2) is 13.0 Å². The Hall–Kier alpha value is -2.02. The summed E-state index contributed by atoms with van der Waals surface area (Å²) in [5.41, 5.74) is 0.688. The van der Waals surface area contributed by atoms with Crippen molar-refractivity contribution in [2.24, 2.45) is 5.92 Å². The summed E-state index contributed by atoms with van der Waals surface area (Å²) in [6.45, 7) is 2.00. The highest BCUT2D eigenvalue weighted by Gasteiger charge is 2.12. The van der Waals surface area contributed by atoms with Crippen LogP contribution in [0.5, 0.6) is 5.75 Å². The lowest BCUT2D eigenvalue weighted by molar-refractivity contribution is -0.116. The molecule has 0 aliphatic heterocycles. The molecule has 4 heteroatoms. The van der Waals surface area contributed by atoms with E-state index in [9.17, 15) is 4.79 Å². The molecule has 1 aromatic rings. The second-order valence-electron chi connectivity index (χ2n) is 4.10. The summed E-state index contributed by atoms with van der Waals surface area (Å²) in [5, 5.41) is 11.7. The summed E-state index contributed by atoms with van der Waals surface area (Å²) in [7, 11) is 1.58. The van der Waals surface area contributed by atoms with Crippen LogP contribution in [0.15, 0.2) is 24.3 Å². The smallest absolute Gasteiger partial charge is 0.225 e. The minimum absolute atomic E-state index is 0.136. The first-order valence-electron chi connectivity index (χ1n) is 6.03. The molecular formula is C14H18N2O2. The first-order valence-corrected chi connectivity index (χ1v) is 6.03. The molecule has 0 saturated heterocycles. The molecule has 0 fully saturated rings. The predicted molar refractivity (Wildman–Crippen MR) is 70.3 cm³/mol. The maximum absolute atomic E-state index is 11.8. The molecule has 0 radical (unpaired) electrons. The highest BCUT2D eigenvalue weighted by Crippen LogP contribution is 2.18. The maximum atomic E-state index is 11.8. The first kappa shape index (κ1) is 14.0. The number of carbonyl (C=O) groups excluding carboxylic acids is 1. The third-order valence-electron chi connectivity index (χ3n) is 2.61. The Morgan fingerprint density at radius 2 is 2.33 bits per heavy atom. The second kappa shape index (κ2) is 7.33. The maximum Gasteiger partial charge on any atom is 0.225 e. The Kier molecular flexibility index (Phi) is 5.72. The van der Waals surface area contributed by atoms with Crippen LogP contribution in [0.2, 0.25) is 0 Å². The van der Waals surface area contributed by atoms with Crippen molar-refractivity contribution in [1.29, 1.82) is 5.26 Å². The van der Waals surface area contributed by atoms with Crippen LogP contribution in [0, 0.1) is 17.2 Å². The fourth-order valence-corrected chi connectivity index (χ4v) is 1.70. The Bertz CT molecular complexity index is 438. The molecule has 0 aliphatic rings. The zero-order chi connectivity index (χ0) is 13.4. The molecule has 1 unspecified atom stereocenters. The van der Waals surface area contributed by atoms with Gasteiger partial charge in [-0.25, -0.2) is 0 Å². The lowest BCUT2D eigenvalue weighted by atomic mass is 10.0. The van der Waals surface area contributed by atoms with Crippen molar-refractivity contribution in [3.8, 4) is 11.8 Å². The van der Waals surface area contributed by atoms with Gasteiger partial charge in [-0.3, -0.25) is 4.79 Å². The quantitative estimate of drug-likeness (QED) is 0.839. The SMILES string of the molecule is CCCC(C#N)CC(=O)Nc1cccc(OC)c1. The van der Waals surface area contributed by atoms with Crippen LogP contribution >= 0.6 is 0 Å². The van der Waals surface area contributed by atoms with E-state index in [0.29, 0.717) is 11.4 Å². The van der Waals surface area contributed by atoms with E-state index in [0.717, 1.165) is 12.8 Å². The van der Waals surface area contributed by atoms with E-state index >= 15 is 0 Å². The van der Waals surface area contributed by atoms with E-state index in [4.69, 9.17) is 10.00 Å². The number of hydrogen-bond donors (Lipinski definition) is 1. The number of anilines is 1. The summed E-state index contributed by atoms with van der Waals surface area (Å²) in [6, 6.07) is 9.32. The third kappa shape index (κ3) is 4.46. The average Bonchev–Trinajstić information content (AvgIpc) is 2.38. The zero-order valence-corrected chi connectivity index (χ0v) is 10.8. The minimum atomic E-state index is -0.208. The van der Waals surface area contributed by atoms with Gasteiger partial charge in [-0.2, -0.15) is 5.26 Å². The van der Waals surface area contributed by atoms with Crippen LogP contribution in [0.1, 0.15) is 26.2 Å². The van der Waals surface area contributed by atoms with Gasteiger partial charge in [0.2, 0.25) is 5.91 Å². The van der Waals surface area contributed by atoms with Gasteiger partial charge in [0.1, 0.15) is 5.75 Å². The number of nitriles is 1. The van der Waals surface area contributed by atoms with Gasteiger partial charge in [0.25, 0.3) is 0 Å². The number of nitrogens with one attached hydrogen (secondary N) is 1. The number of nitrogens with zero attached hydrogens (tertiary/aromatic N) is 1. The lowest BCUT2D eigenvalue weighted by Gasteiger charge is -2.09. The molecule has 4 nitrogen and oxygen atoms in total. The van der Waals surface area contributed by atoms with Gasteiger partial charge in [-0.05, 0) is 18.6 Å². The van der Waals surface area contributed by atoms with Gasteiger partial charge >= 0.3 is 0 Å². The summed E-state index contributed by atoms with van der Waals surface area (Å²) >= 11 is 0. The highest BCUT2D eigenvalue weighted by molar-refractivity contribution is 5.91. The first-order chi connectivity index (χ1) is 8.69. The standard InChI is InChI=1S/C14H18N2O2/c1-3-5-11(10-15)8-14(17)16-12-6-4-7-13(9-12)18-2/h4,6-7,9,11H,3,5,8H2,1-2H3,(H,16,17). The van der Waals surface area contributed by atoms with E-state index in [-0.39, 0.29) is 18.2 Å². The minimum Gasteiger partial charge on any atom is -0.497 e. The highest BCUT2D eigenvalue weighted by atomic mass is 16.5. The van der Waals surface area contributed by atoms with E-state index in [1.54, 1.807) is 19.2 Å². The van der Waals surface area contributed by atoms with Crippen LogP contribution in [0.3, 0.4) is 0 Å². The number of ether oxygens (including phenoxy) is 1. The van der Waals surface area contributed by atoms with E-state index < -0.39 is 0 Å². The third-order valence-corrected chi connectivity index (χ3v) is 2.61. The van der Waals surface area contributed by atoms with Gasteiger partial charge in [0.05, 0.1) is 19.1 Å². The lowest BCUT2D eigenvalue weighted by Crippen LogP contribution is -2.15. The zero-order valence-electron chi connectivity index (χ0n) is 10.8. The fourth-order valence-electron chi connectivity index (χ4n) is 1.70. The van der Waals surface area contributed by atoms with Crippen molar-refractivity contribution in [3.63, 3.8) is 0 Å². The molecule has 1 N–H and O–H groups in total. The Labute approximate surface area is 108 Å². The summed E-state index contributed by atoms with van der Waals surface area (Å²) in [5.74, 6) is 0.349. The molecule has 96 valence electrons. The average molecular weight is 246 g/mol. The van der Waals surface area contributed by atoms with Crippen molar-refractivity contribution in [2.75, 3.05) is 12.4 Å². The molecule has 1 amide bonds. The Morgan fingerprint density at radius 1 is 1.56 bits per heavy atom. The number of hydrogen-bond acceptors (Lipinski definition) is 3. The van der Waals surface area contributed by atoms with Crippen LogP contribution < -0.4 is 10.1 Å². The van der Waals surface area contributed by atoms with E-state index in [2.05, 4.69) is 11.4 Å². The number of benzene rings is 1. The topological polar surface area (TPSA) is 62.1 Å². The molecule has 1 atom stereocenters. The van der Waals surface area contributed by atoms with Crippen molar-refractivity contribution < 1.29 is 9.53 Å². The fraction of sp³-hybridized carbons (Fsp3) is 0.429. The van der Waals surface area contributed by atoms with Gasteiger partial charge in [0, 0.05) is 18.2 Å². The van der Waals surface area contributed by atoms with Gasteiger partial charge in [0.15, 0.2) is 0 Å². The molecule has 0 bridgehead atoms. The molecule has 1 rings (SSSR count). The molecule has 0 aliphatic carbocycles. The largest absolute Gasteiger partial charge is 0.497 e. The van der Waals surface area contributed by atoms with Crippen molar-refractivity contribution >= 4 is 11.6 Å². The monoisotopic (exact) mass is 246 g/mol. The molecule has 0 saturated carbocycles. The predicted octanol–water partition coefficient (Wildman–Crippen LogP) is 2.96.